The van der Waals surface area contributed by atoms with E-state index in [0.29, 0.717) is 5.75 Å². The molecule has 1 aromatic carbocycles. The highest BCUT2D eigenvalue weighted by atomic mass is 32.2. The zero-order chi connectivity index (χ0) is 15.5. The molecule has 5 nitrogen and oxygen atoms in total. The first-order valence-electron chi connectivity index (χ1n) is 7.58. The van der Waals surface area contributed by atoms with Crippen molar-refractivity contribution in [2.75, 3.05) is 23.8 Å². The van der Waals surface area contributed by atoms with E-state index in [1.54, 1.807) is 4.90 Å². The molecule has 3 rings (SSSR count). The number of nitrogens with one attached hydrogen (secondary N) is 1. The van der Waals surface area contributed by atoms with Crippen LogP contribution < -0.4 is 10.2 Å². The number of carbonyl (C=O) groups is 2. The van der Waals surface area contributed by atoms with Gasteiger partial charge in [-0.15, -0.1) is 11.8 Å². The second-order valence-corrected chi connectivity index (χ2v) is 6.66. The van der Waals surface area contributed by atoms with E-state index >= 15 is 0 Å². The maximum absolute atomic E-state index is 12.3. The molecule has 2 aliphatic heterocycles. The van der Waals surface area contributed by atoms with Gasteiger partial charge < -0.3 is 15.0 Å². The molecular formula is C16H20N2O3S. The maximum Gasteiger partial charge on any atom is 0.240 e. The normalized spacial score (nSPS) is 22.3. The fourth-order valence-electron chi connectivity index (χ4n) is 2.86. The Bertz CT molecular complexity index is 572. The van der Waals surface area contributed by atoms with Gasteiger partial charge in [-0.3, -0.25) is 9.59 Å². The minimum Gasteiger partial charge on any atom is -0.376 e. The van der Waals surface area contributed by atoms with Gasteiger partial charge in [0.25, 0.3) is 0 Å². The molecular weight excluding hydrogens is 300 g/mol. The Kier molecular flexibility index (Phi) is 4.69. The van der Waals surface area contributed by atoms with Crippen LogP contribution in [-0.2, 0) is 14.3 Å². The first-order valence-corrected chi connectivity index (χ1v) is 8.57. The first-order chi connectivity index (χ1) is 10.6. The second kappa shape index (κ2) is 6.71. The van der Waals surface area contributed by atoms with Crippen LogP contribution in [0.3, 0.4) is 0 Å². The lowest BCUT2D eigenvalue weighted by molar-refractivity contribution is -0.124. The van der Waals surface area contributed by atoms with Gasteiger partial charge in [0.15, 0.2) is 0 Å². The van der Waals surface area contributed by atoms with Gasteiger partial charge in [0.2, 0.25) is 11.8 Å². The predicted molar refractivity (Wildman–Crippen MR) is 86.1 cm³/mol. The topological polar surface area (TPSA) is 58.6 Å². The number of fused-ring (bicyclic) bond motifs is 1. The van der Waals surface area contributed by atoms with E-state index in [1.807, 2.05) is 31.2 Å². The quantitative estimate of drug-likeness (QED) is 0.919. The number of thioether (sulfide) groups is 1. The predicted octanol–water partition coefficient (Wildman–Crippen LogP) is 1.81. The third-order valence-electron chi connectivity index (χ3n) is 4.02. The summed E-state index contributed by atoms with van der Waals surface area (Å²) in [7, 11) is 0. The summed E-state index contributed by atoms with van der Waals surface area (Å²) in [4.78, 5) is 27.0. The summed E-state index contributed by atoms with van der Waals surface area (Å²) in [5.41, 5.74) is 0.823. The smallest absolute Gasteiger partial charge is 0.240 e. The van der Waals surface area contributed by atoms with Crippen molar-refractivity contribution in [3.8, 4) is 0 Å². The minimum atomic E-state index is -0.141. The highest BCUT2D eigenvalue weighted by Gasteiger charge is 2.28. The Morgan fingerprint density at radius 1 is 1.50 bits per heavy atom. The Morgan fingerprint density at radius 2 is 2.32 bits per heavy atom. The molecule has 0 bridgehead atoms. The van der Waals surface area contributed by atoms with Crippen LogP contribution in [0.2, 0.25) is 0 Å². The van der Waals surface area contributed by atoms with Gasteiger partial charge in [-0.1, -0.05) is 12.1 Å². The second-order valence-electron chi connectivity index (χ2n) is 5.64. The number of anilines is 1. The summed E-state index contributed by atoms with van der Waals surface area (Å²) < 4.78 is 5.58. The molecule has 1 aromatic rings. The number of hydrogen-bond donors (Lipinski definition) is 1. The Labute approximate surface area is 134 Å². The summed E-state index contributed by atoms with van der Waals surface area (Å²) in [6.07, 6.45) is 2.10. The van der Waals surface area contributed by atoms with Gasteiger partial charge in [0, 0.05) is 11.5 Å². The molecule has 1 fully saturated rings. The van der Waals surface area contributed by atoms with Crippen LogP contribution >= 0.6 is 11.8 Å². The fraction of sp³-hybridized carbons (Fsp3) is 0.500. The molecule has 0 spiro atoms. The van der Waals surface area contributed by atoms with E-state index < -0.39 is 0 Å². The van der Waals surface area contributed by atoms with E-state index in [2.05, 4.69) is 5.32 Å². The Morgan fingerprint density at radius 3 is 3.09 bits per heavy atom. The number of carbonyl (C=O) groups excluding carboxylic acids is 2. The largest absolute Gasteiger partial charge is 0.376 e. The standard InChI is InChI=1S/C16H20N2O3S/c1-11(13-6-4-8-21-13)17-15(19)9-18-12-5-2-3-7-14(12)22-10-16(18)20/h2-3,5,7,11,13H,4,6,8-10H2,1H3,(H,17,19)/t11-,13-/m0/s1. The van der Waals surface area contributed by atoms with Crippen molar-refractivity contribution in [2.45, 2.75) is 36.8 Å². The number of ether oxygens (including phenoxy) is 1. The van der Waals surface area contributed by atoms with Crippen molar-refractivity contribution in [3.63, 3.8) is 0 Å². The molecule has 2 aliphatic rings. The van der Waals surface area contributed by atoms with Gasteiger partial charge in [-0.05, 0) is 31.9 Å². The summed E-state index contributed by atoms with van der Waals surface area (Å²) >= 11 is 1.52. The molecule has 1 saturated heterocycles. The number of rotatable bonds is 4. The molecule has 0 radical (unpaired) electrons. The van der Waals surface area contributed by atoms with Gasteiger partial charge in [0.05, 0.1) is 23.6 Å². The zero-order valence-corrected chi connectivity index (χ0v) is 13.4. The van der Waals surface area contributed by atoms with E-state index in [0.717, 1.165) is 30.0 Å². The average Bonchev–Trinajstić information content (AvgIpc) is 3.04. The van der Waals surface area contributed by atoms with Crippen molar-refractivity contribution >= 4 is 29.3 Å². The molecule has 0 saturated carbocycles. The van der Waals surface area contributed by atoms with E-state index in [9.17, 15) is 9.59 Å². The van der Waals surface area contributed by atoms with Crippen LogP contribution in [0.15, 0.2) is 29.2 Å². The van der Waals surface area contributed by atoms with Crippen LogP contribution in [0, 0.1) is 0 Å². The Balaban J connectivity index is 1.64. The van der Waals surface area contributed by atoms with Gasteiger partial charge in [0.1, 0.15) is 6.54 Å². The lowest BCUT2D eigenvalue weighted by Crippen LogP contribution is -2.48. The lowest BCUT2D eigenvalue weighted by atomic mass is 10.1. The van der Waals surface area contributed by atoms with Gasteiger partial charge in [-0.2, -0.15) is 0 Å². The van der Waals surface area contributed by atoms with Crippen molar-refractivity contribution in [1.29, 1.82) is 0 Å². The molecule has 118 valence electrons. The molecule has 2 heterocycles. The number of para-hydroxylation sites is 1. The molecule has 1 N–H and O–H groups in total. The molecule has 0 aromatic heterocycles. The van der Waals surface area contributed by atoms with E-state index in [-0.39, 0.29) is 30.5 Å². The van der Waals surface area contributed by atoms with Crippen molar-refractivity contribution in [1.82, 2.24) is 5.32 Å². The average molecular weight is 320 g/mol. The number of nitrogens with zero attached hydrogens (tertiary/aromatic N) is 1. The van der Waals surface area contributed by atoms with Crippen LogP contribution in [0.1, 0.15) is 19.8 Å². The SMILES string of the molecule is C[C@H](NC(=O)CN1C(=O)CSc2ccccc21)[C@@H]1CCCO1. The molecule has 2 amide bonds. The van der Waals surface area contributed by atoms with Crippen molar-refractivity contribution < 1.29 is 14.3 Å². The Hall–Kier alpha value is -1.53. The minimum absolute atomic E-state index is 0.0244. The van der Waals surface area contributed by atoms with E-state index in [1.165, 1.54) is 11.8 Å². The highest BCUT2D eigenvalue weighted by Crippen LogP contribution is 2.34. The summed E-state index contributed by atoms with van der Waals surface area (Å²) in [6.45, 7) is 2.78. The molecule has 0 aliphatic carbocycles. The molecule has 6 heteroatoms. The lowest BCUT2D eigenvalue weighted by Gasteiger charge is -2.29. The van der Waals surface area contributed by atoms with Crippen LogP contribution in [-0.4, -0.2) is 42.9 Å². The number of hydrogen-bond acceptors (Lipinski definition) is 4. The third-order valence-corrected chi connectivity index (χ3v) is 5.07. The highest BCUT2D eigenvalue weighted by molar-refractivity contribution is 8.00. The molecule has 2 atom stereocenters. The van der Waals surface area contributed by atoms with Crippen molar-refractivity contribution in [3.05, 3.63) is 24.3 Å². The zero-order valence-electron chi connectivity index (χ0n) is 12.6. The fourth-order valence-corrected chi connectivity index (χ4v) is 3.80. The third kappa shape index (κ3) is 3.28. The van der Waals surface area contributed by atoms with Crippen molar-refractivity contribution in [2.24, 2.45) is 0 Å². The first kappa shape index (κ1) is 15.4. The van der Waals surface area contributed by atoms with Gasteiger partial charge in [-0.25, -0.2) is 0 Å². The van der Waals surface area contributed by atoms with Crippen LogP contribution in [0.25, 0.3) is 0 Å². The van der Waals surface area contributed by atoms with Crippen LogP contribution in [0.5, 0.6) is 0 Å². The van der Waals surface area contributed by atoms with Crippen LogP contribution in [0.4, 0.5) is 5.69 Å². The molecule has 0 unspecified atom stereocenters. The van der Waals surface area contributed by atoms with E-state index in [4.69, 9.17) is 4.74 Å². The summed E-state index contributed by atoms with van der Waals surface area (Å²) in [5, 5.41) is 2.96. The summed E-state index contributed by atoms with van der Waals surface area (Å²) in [6, 6.07) is 7.67. The van der Waals surface area contributed by atoms with Gasteiger partial charge >= 0.3 is 0 Å². The number of benzene rings is 1. The maximum atomic E-state index is 12.3. The summed E-state index contributed by atoms with van der Waals surface area (Å²) in [5.74, 6) is 0.215. The monoisotopic (exact) mass is 320 g/mol. The molecule has 22 heavy (non-hydrogen) atoms. The number of amides is 2.